The normalized spacial score (nSPS) is 15.0. The van der Waals surface area contributed by atoms with Gasteiger partial charge in [0.25, 0.3) is 5.91 Å². The average molecular weight is 419 g/mol. The molecule has 30 heavy (non-hydrogen) atoms. The molecule has 5 rings (SSSR count). The number of carbonyl (C=O) groups excluding carboxylic acids is 1. The molecular formula is C22H22N6OS. The molecule has 1 aliphatic heterocycles. The van der Waals surface area contributed by atoms with E-state index in [0.717, 1.165) is 41.6 Å². The van der Waals surface area contributed by atoms with Gasteiger partial charge in [-0.3, -0.25) is 9.69 Å². The van der Waals surface area contributed by atoms with E-state index in [1.165, 1.54) is 0 Å². The lowest BCUT2D eigenvalue weighted by Crippen LogP contribution is -2.48. The molecule has 0 saturated carbocycles. The molecule has 1 aliphatic rings. The van der Waals surface area contributed by atoms with Crippen LogP contribution in [0.15, 0.2) is 54.2 Å². The van der Waals surface area contributed by atoms with Crippen LogP contribution in [0.25, 0.3) is 16.2 Å². The molecule has 0 aliphatic carbocycles. The molecule has 4 aromatic rings. The van der Waals surface area contributed by atoms with E-state index in [2.05, 4.69) is 32.5 Å². The minimum absolute atomic E-state index is 0.0147. The van der Waals surface area contributed by atoms with Crippen molar-refractivity contribution in [1.82, 2.24) is 29.4 Å². The summed E-state index contributed by atoms with van der Waals surface area (Å²) in [4.78, 5) is 26.5. The Morgan fingerprint density at radius 3 is 2.70 bits per heavy atom. The van der Waals surface area contributed by atoms with Crippen LogP contribution < -0.4 is 0 Å². The number of benzene rings is 1. The van der Waals surface area contributed by atoms with E-state index in [1.54, 1.807) is 22.0 Å². The molecule has 0 bridgehead atoms. The summed E-state index contributed by atoms with van der Waals surface area (Å²) in [5, 5.41) is 7.60. The van der Waals surface area contributed by atoms with Crippen LogP contribution in [0.1, 0.15) is 21.7 Å². The predicted octanol–water partition coefficient (Wildman–Crippen LogP) is 3.12. The topological polar surface area (TPSA) is 66.6 Å². The summed E-state index contributed by atoms with van der Waals surface area (Å²) in [5.41, 5.74) is 4.19. The van der Waals surface area contributed by atoms with E-state index in [4.69, 9.17) is 4.98 Å². The number of hydrogen-bond donors (Lipinski definition) is 0. The molecule has 0 N–H and O–H groups in total. The Morgan fingerprint density at radius 2 is 1.90 bits per heavy atom. The third-order valence-corrected chi connectivity index (χ3v) is 6.34. The quantitative estimate of drug-likeness (QED) is 0.509. The van der Waals surface area contributed by atoms with Crippen LogP contribution in [-0.2, 0) is 6.54 Å². The van der Waals surface area contributed by atoms with Gasteiger partial charge in [0.15, 0.2) is 5.65 Å². The second kappa shape index (κ2) is 7.97. The summed E-state index contributed by atoms with van der Waals surface area (Å²) in [5.74, 6) is 0.0147. The molecule has 0 atom stereocenters. The number of fused-ring (bicyclic) bond motifs is 1. The van der Waals surface area contributed by atoms with Crippen molar-refractivity contribution in [3.05, 3.63) is 71.1 Å². The Bertz CT molecular complexity index is 1180. The van der Waals surface area contributed by atoms with Gasteiger partial charge in [0, 0.05) is 56.1 Å². The number of rotatable bonds is 4. The predicted molar refractivity (Wildman–Crippen MR) is 116 cm³/mol. The molecule has 1 fully saturated rings. The van der Waals surface area contributed by atoms with E-state index in [9.17, 15) is 4.79 Å². The van der Waals surface area contributed by atoms with Crippen LogP contribution in [0.3, 0.4) is 0 Å². The van der Waals surface area contributed by atoms with E-state index < -0.39 is 0 Å². The maximum absolute atomic E-state index is 13.1. The summed E-state index contributed by atoms with van der Waals surface area (Å²) in [6, 6.07) is 12.1. The van der Waals surface area contributed by atoms with Gasteiger partial charge < -0.3 is 4.90 Å². The number of amides is 1. The third kappa shape index (κ3) is 3.59. The van der Waals surface area contributed by atoms with Crippen LogP contribution >= 0.6 is 11.3 Å². The monoisotopic (exact) mass is 418 g/mol. The average Bonchev–Trinajstić information content (AvgIpc) is 3.38. The Kier molecular flexibility index (Phi) is 5.02. The van der Waals surface area contributed by atoms with Crippen molar-refractivity contribution in [1.29, 1.82) is 0 Å². The Hall–Kier alpha value is -3.10. The first-order valence-corrected chi connectivity index (χ1v) is 10.9. The first-order valence-electron chi connectivity index (χ1n) is 10.0. The van der Waals surface area contributed by atoms with Crippen molar-refractivity contribution >= 4 is 22.9 Å². The molecule has 1 saturated heterocycles. The minimum atomic E-state index is 0.0147. The Balaban J connectivity index is 1.23. The molecule has 4 heterocycles. The SMILES string of the molecule is Cc1nn2cccnc2c1C(=O)N1CCN(Cc2csc(-c3ccccc3)n2)CC1. The molecule has 8 heteroatoms. The maximum atomic E-state index is 13.1. The maximum Gasteiger partial charge on any atom is 0.259 e. The summed E-state index contributed by atoms with van der Waals surface area (Å²) < 4.78 is 1.67. The third-order valence-electron chi connectivity index (χ3n) is 5.40. The van der Waals surface area contributed by atoms with E-state index in [0.29, 0.717) is 24.3 Å². The van der Waals surface area contributed by atoms with E-state index >= 15 is 0 Å². The minimum Gasteiger partial charge on any atom is -0.336 e. The largest absolute Gasteiger partial charge is 0.336 e. The van der Waals surface area contributed by atoms with Crippen LogP contribution in [0.4, 0.5) is 0 Å². The van der Waals surface area contributed by atoms with E-state index in [-0.39, 0.29) is 5.91 Å². The van der Waals surface area contributed by atoms with Gasteiger partial charge >= 0.3 is 0 Å². The molecule has 1 amide bonds. The number of carbonyl (C=O) groups is 1. The lowest BCUT2D eigenvalue weighted by atomic mass is 10.2. The standard InChI is InChI=1S/C22H22N6OS/c1-16-19(20-23-8-5-9-28(20)25-16)22(29)27-12-10-26(11-13-27)14-18-15-30-21(24-18)17-6-3-2-4-7-17/h2-9,15H,10-14H2,1H3. The second-order valence-corrected chi connectivity index (χ2v) is 8.28. The molecule has 0 radical (unpaired) electrons. The summed E-state index contributed by atoms with van der Waals surface area (Å²) >= 11 is 1.68. The van der Waals surface area contributed by atoms with Gasteiger partial charge in [0.05, 0.1) is 11.4 Å². The first kappa shape index (κ1) is 18.9. The van der Waals surface area contributed by atoms with Crippen molar-refractivity contribution in [3.8, 4) is 10.6 Å². The van der Waals surface area contributed by atoms with Crippen LogP contribution in [0.5, 0.6) is 0 Å². The smallest absolute Gasteiger partial charge is 0.259 e. The van der Waals surface area contributed by atoms with Gasteiger partial charge in [-0.15, -0.1) is 11.3 Å². The Morgan fingerprint density at radius 1 is 1.10 bits per heavy atom. The molecular weight excluding hydrogens is 396 g/mol. The number of thiazole rings is 1. The summed E-state index contributed by atoms with van der Waals surface area (Å²) in [6.45, 7) is 5.72. The molecule has 0 unspecified atom stereocenters. The van der Waals surface area contributed by atoms with Gasteiger partial charge in [-0.1, -0.05) is 30.3 Å². The zero-order valence-corrected chi connectivity index (χ0v) is 17.5. The highest BCUT2D eigenvalue weighted by Gasteiger charge is 2.27. The highest BCUT2D eigenvalue weighted by atomic mass is 32.1. The summed E-state index contributed by atoms with van der Waals surface area (Å²) in [7, 11) is 0. The zero-order chi connectivity index (χ0) is 20.5. The molecule has 3 aromatic heterocycles. The Labute approximate surface area is 178 Å². The fourth-order valence-corrected chi connectivity index (χ4v) is 4.65. The van der Waals surface area contributed by atoms with Crippen molar-refractivity contribution in [3.63, 3.8) is 0 Å². The first-order chi connectivity index (χ1) is 14.7. The molecule has 7 nitrogen and oxygen atoms in total. The molecule has 152 valence electrons. The van der Waals surface area contributed by atoms with Crippen molar-refractivity contribution < 1.29 is 4.79 Å². The highest BCUT2D eigenvalue weighted by molar-refractivity contribution is 7.13. The fourth-order valence-electron chi connectivity index (χ4n) is 3.84. The van der Waals surface area contributed by atoms with Crippen molar-refractivity contribution in [2.75, 3.05) is 26.2 Å². The van der Waals surface area contributed by atoms with Crippen molar-refractivity contribution in [2.45, 2.75) is 13.5 Å². The number of aromatic nitrogens is 4. The fraction of sp³-hybridized carbons (Fsp3) is 0.273. The van der Waals surface area contributed by atoms with Gasteiger partial charge in [-0.25, -0.2) is 14.5 Å². The van der Waals surface area contributed by atoms with Gasteiger partial charge in [0.2, 0.25) is 0 Å². The van der Waals surface area contributed by atoms with Crippen LogP contribution in [0.2, 0.25) is 0 Å². The highest BCUT2D eigenvalue weighted by Crippen LogP contribution is 2.24. The number of hydrogen-bond acceptors (Lipinski definition) is 6. The number of aryl methyl sites for hydroxylation is 1. The molecule has 1 aromatic carbocycles. The van der Waals surface area contributed by atoms with Crippen LogP contribution in [-0.4, -0.2) is 61.5 Å². The van der Waals surface area contributed by atoms with E-state index in [1.807, 2.05) is 42.3 Å². The van der Waals surface area contributed by atoms with Gasteiger partial charge in [-0.05, 0) is 13.0 Å². The lowest BCUT2D eigenvalue weighted by molar-refractivity contribution is 0.0628. The van der Waals surface area contributed by atoms with Crippen molar-refractivity contribution in [2.24, 2.45) is 0 Å². The lowest BCUT2D eigenvalue weighted by Gasteiger charge is -2.34. The number of nitrogens with zero attached hydrogens (tertiary/aromatic N) is 6. The van der Waals surface area contributed by atoms with Gasteiger partial charge in [0.1, 0.15) is 10.6 Å². The zero-order valence-electron chi connectivity index (χ0n) is 16.7. The molecule has 0 spiro atoms. The summed E-state index contributed by atoms with van der Waals surface area (Å²) in [6.07, 6.45) is 3.52. The second-order valence-electron chi connectivity index (χ2n) is 7.43. The van der Waals surface area contributed by atoms with Gasteiger partial charge in [-0.2, -0.15) is 5.10 Å². The van der Waals surface area contributed by atoms with Crippen LogP contribution in [0, 0.1) is 6.92 Å². The number of piperazine rings is 1.